The predicted octanol–water partition coefficient (Wildman–Crippen LogP) is 3.65. The zero-order valence-electron chi connectivity index (χ0n) is 17.7. The minimum absolute atomic E-state index is 0.190. The number of hydrogen-bond acceptors (Lipinski definition) is 4. The summed E-state index contributed by atoms with van der Waals surface area (Å²) in [5.41, 5.74) is 0.738. The zero-order chi connectivity index (χ0) is 19.6. The Morgan fingerprint density at radius 2 is 1.93 bits per heavy atom. The number of amides is 1. The molecule has 0 unspecified atom stereocenters. The molecule has 1 aromatic rings. The van der Waals surface area contributed by atoms with E-state index >= 15 is 0 Å². The maximum atomic E-state index is 12.3. The number of rotatable bonds is 6. The first-order valence-electron chi connectivity index (χ1n) is 10.5. The lowest BCUT2D eigenvalue weighted by Gasteiger charge is -2.33. The average Bonchev–Trinajstić information content (AvgIpc) is 3.38. The predicted molar refractivity (Wildman–Crippen MR) is 107 cm³/mol. The van der Waals surface area contributed by atoms with Gasteiger partial charge in [0.25, 0.3) is 0 Å². The van der Waals surface area contributed by atoms with Crippen molar-refractivity contribution in [1.29, 1.82) is 0 Å². The van der Waals surface area contributed by atoms with E-state index in [9.17, 15) is 4.79 Å². The molecule has 0 spiro atoms. The fraction of sp³-hybridized carbons (Fsp3) is 0.810. The highest BCUT2D eigenvalue weighted by atomic mass is 16.6. The van der Waals surface area contributed by atoms with Crippen LogP contribution in [0, 0.1) is 0 Å². The molecule has 6 nitrogen and oxygen atoms in total. The number of carbonyl (C=O) groups is 1. The Kier molecular flexibility index (Phi) is 6.14. The molecule has 0 N–H and O–H groups in total. The maximum Gasteiger partial charge on any atom is 0.410 e. The summed E-state index contributed by atoms with van der Waals surface area (Å²) in [5.74, 6) is 1.63. The molecule has 1 saturated carbocycles. The Morgan fingerprint density at radius 3 is 2.48 bits per heavy atom. The van der Waals surface area contributed by atoms with Crippen LogP contribution in [0.2, 0.25) is 0 Å². The number of imidazole rings is 1. The monoisotopic (exact) mass is 376 g/mol. The van der Waals surface area contributed by atoms with Gasteiger partial charge in [-0.15, -0.1) is 0 Å². The van der Waals surface area contributed by atoms with Gasteiger partial charge >= 0.3 is 6.09 Å². The Bertz CT molecular complexity index is 637. The highest BCUT2D eigenvalue weighted by Crippen LogP contribution is 2.29. The van der Waals surface area contributed by atoms with Gasteiger partial charge in [0.1, 0.15) is 11.4 Å². The summed E-state index contributed by atoms with van der Waals surface area (Å²) >= 11 is 0. The van der Waals surface area contributed by atoms with E-state index in [1.807, 2.05) is 25.7 Å². The van der Waals surface area contributed by atoms with E-state index in [2.05, 4.69) is 29.6 Å². The molecule has 2 aliphatic rings. The average molecular weight is 377 g/mol. The molecule has 1 amide bonds. The molecule has 0 atom stereocenters. The summed E-state index contributed by atoms with van der Waals surface area (Å²) in [6, 6.07) is 0.791. The molecular formula is C21H36N4O2. The first kappa shape index (κ1) is 20.2. The van der Waals surface area contributed by atoms with Gasteiger partial charge in [-0.05, 0) is 59.9 Å². The maximum absolute atomic E-state index is 12.3. The molecule has 0 aromatic carbocycles. The van der Waals surface area contributed by atoms with Crippen molar-refractivity contribution < 1.29 is 9.53 Å². The van der Waals surface area contributed by atoms with E-state index in [0.29, 0.717) is 5.92 Å². The lowest BCUT2D eigenvalue weighted by molar-refractivity contribution is 0.0202. The quantitative estimate of drug-likeness (QED) is 0.760. The van der Waals surface area contributed by atoms with E-state index in [1.54, 1.807) is 0 Å². The Morgan fingerprint density at radius 1 is 1.26 bits per heavy atom. The molecule has 152 valence electrons. The van der Waals surface area contributed by atoms with E-state index in [4.69, 9.17) is 9.72 Å². The van der Waals surface area contributed by atoms with Crippen LogP contribution in [0.3, 0.4) is 0 Å². The number of likely N-dealkylation sites (N-methyl/N-ethyl adjacent to an activating group) is 1. The minimum atomic E-state index is -0.437. The van der Waals surface area contributed by atoms with Gasteiger partial charge in [-0.3, -0.25) is 0 Å². The topological polar surface area (TPSA) is 50.6 Å². The minimum Gasteiger partial charge on any atom is -0.444 e. The van der Waals surface area contributed by atoms with Gasteiger partial charge < -0.3 is 19.1 Å². The van der Waals surface area contributed by atoms with Gasteiger partial charge in [0.2, 0.25) is 0 Å². The van der Waals surface area contributed by atoms with Crippen LogP contribution >= 0.6 is 0 Å². The highest BCUT2D eigenvalue weighted by Gasteiger charge is 2.30. The van der Waals surface area contributed by atoms with Crippen LogP contribution in [0.15, 0.2) is 6.20 Å². The molecule has 27 heavy (non-hydrogen) atoms. The van der Waals surface area contributed by atoms with Crippen molar-refractivity contribution >= 4 is 6.09 Å². The van der Waals surface area contributed by atoms with Crippen LogP contribution in [0.4, 0.5) is 4.79 Å². The van der Waals surface area contributed by atoms with Crippen molar-refractivity contribution in [1.82, 2.24) is 19.4 Å². The third kappa shape index (κ3) is 5.47. The number of likely N-dealkylation sites (tertiary alicyclic amines) is 1. The summed E-state index contributed by atoms with van der Waals surface area (Å²) < 4.78 is 7.88. The molecule has 6 heteroatoms. The second kappa shape index (κ2) is 8.21. The molecule has 1 aliphatic heterocycles. The second-order valence-corrected chi connectivity index (χ2v) is 9.09. The zero-order valence-corrected chi connectivity index (χ0v) is 17.7. The van der Waals surface area contributed by atoms with Crippen LogP contribution in [-0.4, -0.2) is 63.8 Å². The van der Waals surface area contributed by atoms with Gasteiger partial charge in [-0.25, -0.2) is 9.78 Å². The van der Waals surface area contributed by atoms with E-state index < -0.39 is 5.60 Å². The molecule has 0 bridgehead atoms. The summed E-state index contributed by atoms with van der Waals surface area (Å²) in [5, 5.41) is 0. The Labute approximate surface area is 163 Å². The second-order valence-electron chi connectivity index (χ2n) is 9.09. The molecule has 1 aliphatic carbocycles. The fourth-order valence-electron chi connectivity index (χ4n) is 3.77. The number of piperidine rings is 1. The van der Waals surface area contributed by atoms with Gasteiger partial charge in [0.05, 0.1) is 5.69 Å². The lowest BCUT2D eigenvalue weighted by Crippen LogP contribution is -2.41. The normalized spacial score (nSPS) is 19.0. The van der Waals surface area contributed by atoms with Crippen molar-refractivity contribution in [2.45, 2.75) is 83.9 Å². The van der Waals surface area contributed by atoms with Crippen molar-refractivity contribution in [3.8, 4) is 0 Å². The fourth-order valence-corrected chi connectivity index (χ4v) is 3.77. The molecular weight excluding hydrogens is 340 g/mol. The first-order valence-corrected chi connectivity index (χ1v) is 10.5. The van der Waals surface area contributed by atoms with E-state index in [0.717, 1.165) is 51.5 Å². The number of aromatic nitrogens is 2. The Balaban J connectivity index is 1.59. The smallest absolute Gasteiger partial charge is 0.410 e. The lowest BCUT2D eigenvalue weighted by atomic mass is 9.96. The number of nitrogens with zero attached hydrogens (tertiary/aromatic N) is 4. The third-order valence-corrected chi connectivity index (χ3v) is 5.60. The Hall–Kier alpha value is -1.56. The molecule has 1 saturated heterocycles. The highest BCUT2D eigenvalue weighted by molar-refractivity contribution is 5.68. The van der Waals surface area contributed by atoms with Gasteiger partial charge in [-0.1, -0.05) is 6.92 Å². The van der Waals surface area contributed by atoms with Crippen LogP contribution in [0.5, 0.6) is 0 Å². The third-order valence-electron chi connectivity index (χ3n) is 5.60. The number of aryl methyl sites for hydroxylation is 1. The summed E-state index contributed by atoms with van der Waals surface area (Å²) in [6.45, 7) is 11.5. The summed E-state index contributed by atoms with van der Waals surface area (Å²) in [7, 11) is 2.23. The number of ether oxygens (including phenoxy) is 1. The number of carbonyl (C=O) groups excluding carboxylic acids is 1. The van der Waals surface area contributed by atoms with Gasteiger partial charge in [0, 0.05) is 44.3 Å². The van der Waals surface area contributed by atoms with Crippen molar-refractivity contribution in [3.05, 3.63) is 17.7 Å². The molecule has 2 fully saturated rings. The van der Waals surface area contributed by atoms with E-state index in [-0.39, 0.29) is 6.09 Å². The number of hydrogen-bond donors (Lipinski definition) is 0. The first-order chi connectivity index (χ1) is 12.8. The van der Waals surface area contributed by atoms with Crippen molar-refractivity contribution in [3.63, 3.8) is 0 Å². The van der Waals surface area contributed by atoms with E-state index in [1.165, 1.54) is 24.4 Å². The van der Waals surface area contributed by atoms with Crippen molar-refractivity contribution in [2.24, 2.45) is 0 Å². The summed E-state index contributed by atoms with van der Waals surface area (Å²) in [4.78, 5) is 21.5. The summed E-state index contributed by atoms with van der Waals surface area (Å²) in [6.07, 6.45) is 7.61. The largest absolute Gasteiger partial charge is 0.444 e. The van der Waals surface area contributed by atoms with Gasteiger partial charge in [0.15, 0.2) is 0 Å². The van der Waals surface area contributed by atoms with Crippen LogP contribution in [-0.2, 0) is 17.7 Å². The molecule has 1 aromatic heterocycles. The molecule has 3 rings (SSSR count). The SMILES string of the molecule is CCc1cn(CCN(C)C2CC2)c(C2CCN(C(=O)OC(C)(C)C)CC2)n1. The van der Waals surface area contributed by atoms with Crippen LogP contribution in [0.1, 0.15) is 70.8 Å². The molecule has 0 radical (unpaired) electrons. The molecule has 2 heterocycles. The van der Waals surface area contributed by atoms with Crippen molar-refractivity contribution in [2.75, 3.05) is 26.7 Å². The standard InChI is InChI=1S/C21H36N4O2/c1-6-17-15-25(14-13-23(5)18-7-8-18)19(22-17)16-9-11-24(12-10-16)20(26)27-21(2,3)4/h15-16,18H,6-14H2,1-5H3. The van der Waals surface area contributed by atoms with Crippen LogP contribution < -0.4 is 0 Å². The van der Waals surface area contributed by atoms with Crippen LogP contribution in [0.25, 0.3) is 0 Å². The van der Waals surface area contributed by atoms with Gasteiger partial charge in [-0.2, -0.15) is 0 Å².